The molecule has 2 aliphatic rings. The number of hydrogen-bond acceptors (Lipinski definition) is 5. The number of carboxylic acids is 1. The molecule has 0 bridgehead atoms. The first kappa shape index (κ1) is 24.5. The summed E-state index contributed by atoms with van der Waals surface area (Å²) in [7, 11) is 0. The lowest BCUT2D eigenvalue weighted by molar-refractivity contribution is -0.144. The van der Waals surface area contributed by atoms with Crippen molar-refractivity contribution >= 4 is 18.0 Å². The molecule has 8 nitrogen and oxygen atoms in total. The molecule has 3 N–H and O–H groups in total. The maximum Gasteiger partial charge on any atom is 0.407 e. The van der Waals surface area contributed by atoms with E-state index in [1.807, 2.05) is 24.3 Å². The number of ether oxygens (including phenoxy) is 2. The third-order valence-electron chi connectivity index (χ3n) is 6.60. The molecule has 35 heavy (non-hydrogen) atoms. The highest BCUT2D eigenvalue weighted by Crippen LogP contribution is 2.44. The zero-order valence-corrected chi connectivity index (χ0v) is 19.4. The number of carboxylic acid groups (broad SMARTS) is 1. The van der Waals surface area contributed by atoms with Gasteiger partial charge in [-0.05, 0) is 41.5 Å². The van der Waals surface area contributed by atoms with Crippen molar-refractivity contribution in [2.75, 3.05) is 19.8 Å². The molecule has 3 unspecified atom stereocenters. The smallest absolute Gasteiger partial charge is 0.407 e. The number of allylic oxidation sites excluding steroid dienone is 1. The molecule has 0 aromatic heterocycles. The molecule has 0 spiro atoms. The van der Waals surface area contributed by atoms with Gasteiger partial charge in [-0.15, -0.1) is 6.58 Å². The predicted molar refractivity (Wildman–Crippen MR) is 130 cm³/mol. The van der Waals surface area contributed by atoms with E-state index >= 15 is 0 Å². The van der Waals surface area contributed by atoms with Crippen LogP contribution in [0.25, 0.3) is 11.1 Å². The van der Waals surface area contributed by atoms with E-state index in [0.29, 0.717) is 19.4 Å². The van der Waals surface area contributed by atoms with Gasteiger partial charge in [-0.3, -0.25) is 4.79 Å². The second kappa shape index (κ2) is 11.2. The van der Waals surface area contributed by atoms with Crippen molar-refractivity contribution < 1.29 is 29.0 Å². The van der Waals surface area contributed by atoms with Gasteiger partial charge in [-0.25, -0.2) is 9.59 Å². The average molecular weight is 479 g/mol. The summed E-state index contributed by atoms with van der Waals surface area (Å²) in [4.78, 5) is 36.5. The topological polar surface area (TPSA) is 114 Å². The Morgan fingerprint density at radius 3 is 2.40 bits per heavy atom. The van der Waals surface area contributed by atoms with E-state index < -0.39 is 30.1 Å². The van der Waals surface area contributed by atoms with Gasteiger partial charge in [0.25, 0.3) is 0 Å². The maximum absolute atomic E-state index is 12.6. The van der Waals surface area contributed by atoms with Crippen LogP contribution in [0, 0.1) is 5.92 Å². The zero-order chi connectivity index (χ0) is 24.8. The van der Waals surface area contributed by atoms with Gasteiger partial charge in [0.1, 0.15) is 18.8 Å². The van der Waals surface area contributed by atoms with Crippen molar-refractivity contribution in [3.63, 3.8) is 0 Å². The molecule has 2 aromatic rings. The van der Waals surface area contributed by atoms with Gasteiger partial charge >= 0.3 is 12.1 Å². The van der Waals surface area contributed by atoms with Gasteiger partial charge in [0, 0.05) is 25.0 Å². The van der Waals surface area contributed by atoms with Crippen molar-refractivity contribution in [1.82, 2.24) is 10.6 Å². The van der Waals surface area contributed by atoms with Crippen molar-refractivity contribution in [1.29, 1.82) is 0 Å². The molecule has 1 fully saturated rings. The SMILES string of the molecule is C=CCCC(NC(=O)C1OCCC1CNC(=O)OCC1c2ccccc2-c2ccccc21)C(=O)O. The van der Waals surface area contributed by atoms with Crippen LogP contribution >= 0.6 is 0 Å². The molecule has 184 valence electrons. The standard InChI is InChI=1S/C27H30N2O6/c1-2-3-12-23(26(31)32)29-25(30)24-17(13-14-34-24)15-28-27(33)35-16-22-20-10-6-4-8-18(20)19-9-5-7-11-21(19)22/h2,4-11,17,22-24H,1,3,12-16H2,(H,28,33)(H,29,30)(H,31,32). The summed E-state index contributed by atoms with van der Waals surface area (Å²) in [6.45, 7) is 4.34. The van der Waals surface area contributed by atoms with E-state index in [9.17, 15) is 19.5 Å². The lowest BCUT2D eigenvalue weighted by Gasteiger charge is -2.21. The highest BCUT2D eigenvalue weighted by molar-refractivity contribution is 5.86. The van der Waals surface area contributed by atoms with Gasteiger partial charge in [0.2, 0.25) is 5.91 Å². The number of benzene rings is 2. The third kappa shape index (κ3) is 5.54. The lowest BCUT2D eigenvalue weighted by atomic mass is 9.98. The van der Waals surface area contributed by atoms with E-state index in [2.05, 4.69) is 41.5 Å². The van der Waals surface area contributed by atoms with Crippen molar-refractivity contribution in [2.24, 2.45) is 5.92 Å². The summed E-state index contributed by atoms with van der Waals surface area (Å²) < 4.78 is 11.1. The number of nitrogens with one attached hydrogen (secondary N) is 2. The lowest BCUT2D eigenvalue weighted by Crippen LogP contribution is -2.48. The van der Waals surface area contributed by atoms with Gasteiger partial charge in [-0.2, -0.15) is 0 Å². The molecule has 1 saturated heterocycles. The number of amides is 2. The van der Waals surface area contributed by atoms with Gasteiger partial charge in [0.15, 0.2) is 0 Å². The van der Waals surface area contributed by atoms with Crippen LogP contribution in [0.15, 0.2) is 61.2 Å². The van der Waals surface area contributed by atoms with E-state index in [-0.39, 0.29) is 31.4 Å². The number of rotatable bonds is 10. The molecule has 8 heteroatoms. The quantitative estimate of drug-likeness (QED) is 0.451. The Labute approximate surface area is 204 Å². The Morgan fingerprint density at radius 2 is 1.77 bits per heavy atom. The minimum atomic E-state index is -1.11. The Bertz CT molecular complexity index is 1060. The zero-order valence-electron chi connectivity index (χ0n) is 19.4. The third-order valence-corrected chi connectivity index (χ3v) is 6.60. The second-order valence-electron chi connectivity index (χ2n) is 8.81. The van der Waals surface area contributed by atoms with Crippen molar-refractivity contribution in [2.45, 2.75) is 37.3 Å². The van der Waals surface area contributed by atoms with E-state index in [4.69, 9.17) is 9.47 Å². The average Bonchev–Trinajstić information content (AvgIpc) is 3.46. The number of aliphatic carboxylic acids is 1. The van der Waals surface area contributed by atoms with Crippen molar-refractivity contribution in [3.8, 4) is 11.1 Å². The van der Waals surface area contributed by atoms with Gasteiger partial charge < -0.3 is 25.2 Å². The summed E-state index contributed by atoms with van der Waals surface area (Å²) >= 11 is 0. The minimum Gasteiger partial charge on any atom is -0.480 e. The first-order valence-electron chi connectivity index (χ1n) is 11.8. The van der Waals surface area contributed by atoms with Crippen LogP contribution in [0.3, 0.4) is 0 Å². The largest absolute Gasteiger partial charge is 0.480 e. The van der Waals surface area contributed by atoms with Crippen LogP contribution in [0.2, 0.25) is 0 Å². The number of hydrogen-bond donors (Lipinski definition) is 3. The molecule has 3 atom stereocenters. The van der Waals surface area contributed by atoms with Crippen LogP contribution in [-0.4, -0.2) is 55.0 Å². The number of fused-ring (bicyclic) bond motifs is 3. The molecular formula is C27H30N2O6. The molecule has 1 aliphatic carbocycles. The highest BCUT2D eigenvalue weighted by atomic mass is 16.5. The molecular weight excluding hydrogens is 448 g/mol. The van der Waals surface area contributed by atoms with Gasteiger partial charge in [-0.1, -0.05) is 54.6 Å². The molecule has 0 radical (unpaired) electrons. The van der Waals surface area contributed by atoms with Crippen LogP contribution in [0.1, 0.15) is 36.3 Å². The summed E-state index contributed by atoms with van der Waals surface area (Å²) in [6, 6.07) is 15.2. The highest BCUT2D eigenvalue weighted by Gasteiger charge is 2.36. The predicted octanol–water partition coefficient (Wildman–Crippen LogP) is 3.47. The summed E-state index contributed by atoms with van der Waals surface area (Å²) in [5.41, 5.74) is 4.57. The normalized spacial score (nSPS) is 19.3. The minimum absolute atomic E-state index is 0.0370. The van der Waals surface area contributed by atoms with Crippen LogP contribution in [0.5, 0.6) is 0 Å². The van der Waals surface area contributed by atoms with Crippen LogP contribution in [0.4, 0.5) is 4.79 Å². The molecule has 0 saturated carbocycles. The van der Waals surface area contributed by atoms with Crippen molar-refractivity contribution in [3.05, 3.63) is 72.3 Å². The first-order chi connectivity index (χ1) is 17.0. The number of carbonyl (C=O) groups excluding carboxylic acids is 2. The summed E-state index contributed by atoms with van der Waals surface area (Å²) in [5.74, 6) is -1.90. The Morgan fingerprint density at radius 1 is 1.11 bits per heavy atom. The molecule has 1 heterocycles. The number of carbonyl (C=O) groups is 3. The Balaban J connectivity index is 1.30. The monoisotopic (exact) mass is 478 g/mol. The van der Waals surface area contributed by atoms with Crippen LogP contribution in [-0.2, 0) is 19.1 Å². The van der Waals surface area contributed by atoms with Crippen LogP contribution < -0.4 is 10.6 Å². The molecule has 1 aliphatic heterocycles. The summed E-state index contributed by atoms with van der Waals surface area (Å²) in [5, 5.41) is 14.6. The first-order valence-corrected chi connectivity index (χ1v) is 11.8. The molecule has 4 rings (SSSR count). The van der Waals surface area contributed by atoms with E-state index in [1.54, 1.807) is 6.08 Å². The fourth-order valence-electron chi connectivity index (χ4n) is 4.79. The second-order valence-corrected chi connectivity index (χ2v) is 8.81. The maximum atomic E-state index is 12.6. The Kier molecular flexibility index (Phi) is 7.82. The fourth-order valence-corrected chi connectivity index (χ4v) is 4.79. The number of alkyl carbamates (subject to hydrolysis) is 1. The Hall–Kier alpha value is -3.65. The molecule has 2 aromatic carbocycles. The molecule has 2 amide bonds. The fraction of sp³-hybridized carbons (Fsp3) is 0.370. The van der Waals surface area contributed by atoms with E-state index in [0.717, 1.165) is 22.3 Å². The van der Waals surface area contributed by atoms with E-state index in [1.165, 1.54) is 0 Å². The van der Waals surface area contributed by atoms with Gasteiger partial charge in [0.05, 0.1) is 0 Å². The summed E-state index contributed by atoms with van der Waals surface area (Å²) in [6.07, 6.45) is 1.51.